The van der Waals surface area contributed by atoms with Gasteiger partial charge in [-0.2, -0.15) is 0 Å². The molecule has 1 heterocycles. The van der Waals surface area contributed by atoms with Gasteiger partial charge in [-0.15, -0.1) is 0 Å². The number of halogens is 2. The van der Waals surface area contributed by atoms with Crippen LogP contribution in [0.3, 0.4) is 0 Å². The smallest absolute Gasteiger partial charge is 0.371 e. The van der Waals surface area contributed by atoms with E-state index >= 15 is 0 Å². The van der Waals surface area contributed by atoms with Gasteiger partial charge in [0.2, 0.25) is 5.76 Å². The summed E-state index contributed by atoms with van der Waals surface area (Å²) in [5.41, 5.74) is 0.00757. The van der Waals surface area contributed by atoms with Gasteiger partial charge in [0.05, 0.1) is 10.2 Å². The first kappa shape index (κ1) is 15.5. The van der Waals surface area contributed by atoms with Gasteiger partial charge in [0.15, 0.2) is 0 Å². The van der Waals surface area contributed by atoms with Crippen LogP contribution >= 0.6 is 15.9 Å². The van der Waals surface area contributed by atoms with Crippen LogP contribution < -0.4 is 4.72 Å². The molecule has 2 rings (SSSR count). The fraction of sp³-hybridized carbons (Fsp3) is 0.0833. The maximum Gasteiger partial charge on any atom is 0.371 e. The van der Waals surface area contributed by atoms with Crippen LogP contribution in [0.15, 0.2) is 38.1 Å². The topological polar surface area (TPSA) is 96.6 Å². The van der Waals surface area contributed by atoms with Crippen molar-refractivity contribution in [1.29, 1.82) is 0 Å². The number of benzene rings is 1. The van der Waals surface area contributed by atoms with Gasteiger partial charge in [-0.25, -0.2) is 17.6 Å². The summed E-state index contributed by atoms with van der Waals surface area (Å²) in [6.45, 7) is 1.32. The summed E-state index contributed by atoms with van der Waals surface area (Å²) in [4.78, 5) is 10.5. The Labute approximate surface area is 127 Å². The minimum atomic E-state index is -4.08. The average molecular weight is 378 g/mol. The number of aryl methyl sites for hydroxylation is 1. The maximum atomic E-state index is 13.4. The van der Waals surface area contributed by atoms with Crippen LogP contribution in [0, 0.1) is 12.7 Å². The quantitative estimate of drug-likeness (QED) is 0.853. The average Bonchev–Trinajstić information content (AvgIpc) is 2.77. The van der Waals surface area contributed by atoms with E-state index in [9.17, 15) is 17.6 Å². The van der Waals surface area contributed by atoms with Crippen molar-refractivity contribution >= 4 is 37.6 Å². The van der Waals surface area contributed by atoms with E-state index in [1.165, 1.54) is 19.1 Å². The van der Waals surface area contributed by atoms with Crippen LogP contribution in [0.1, 0.15) is 16.3 Å². The van der Waals surface area contributed by atoms with E-state index in [1.54, 1.807) is 0 Å². The van der Waals surface area contributed by atoms with Crippen LogP contribution in [0.5, 0.6) is 0 Å². The van der Waals surface area contributed by atoms with Crippen LogP contribution in [0.25, 0.3) is 0 Å². The summed E-state index contributed by atoms with van der Waals surface area (Å²) in [7, 11) is -4.08. The molecule has 0 fully saturated rings. The lowest BCUT2D eigenvalue weighted by Crippen LogP contribution is -2.13. The first-order chi connectivity index (χ1) is 9.70. The largest absolute Gasteiger partial charge is 0.475 e. The second kappa shape index (κ2) is 5.49. The molecular formula is C12H9BrFNO5S. The molecule has 0 aliphatic rings. The third-order valence-electron chi connectivity index (χ3n) is 2.54. The summed E-state index contributed by atoms with van der Waals surface area (Å²) in [5.74, 6) is -2.58. The van der Waals surface area contributed by atoms with E-state index < -0.39 is 27.6 Å². The molecule has 0 radical (unpaired) electrons. The molecule has 0 unspecified atom stereocenters. The molecule has 6 nitrogen and oxygen atoms in total. The zero-order chi connectivity index (χ0) is 15.8. The van der Waals surface area contributed by atoms with Crippen molar-refractivity contribution in [2.24, 2.45) is 0 Å². The molecule has 0 spiro atoms. The highest BCUT2D eigenvalue weighted by Crippen LogP contribution is 2.25. The molecule has 0 aliphatic heterocycles. The number of sulfonamides is 1. The van der Waals surface area contributed by atoms with Crippen LogP contribution in [-0.4, -0.2) is 19.5 Å². The molecule has 2 aromatic rings. The molecule has 1 aromatic heterocycles. The lowest BCUT2D eigenvalue weighted by Gasteiger charge is -2.07. The Morgan fingerprint density at radius 3 is 2.57 bits per heavy atom. The number of furan rings is 1. The lowest BCUT2D eigenvalue weighted by molar-refractivity contribution is 0.0661. The maximum absolute atomic E-state index is 13.4. The number of carboxylic acids is 1. The van der Waals surface area contributed by atoms with Crippen molar-refractivity contribution in [1.82, 2.24) is 0 Å². The summed E-state index contributed by atoms with van der Waals surface area (Å²) < 4.78 is 44.9. The van der Waals surface area contributed by atoms with Gasteiger partial charge in [-0.05, 0) is 41.1 Å². The van der Waals surface area contributed by atoms with E-state index in [0.717, 1.165) is 12.1 Å². The fourth-order valence-electron chi connectivity index (χ4n) is 1.61. The number of anilines is 1. The molecular weight excluding hydrogens is 369 g/mol. The van der Waals surface area contributed by atoms with Crippen molar-refractivity contribution in [3.05, 3.63) is 46.1 Å². The molecule has 9 heteroatoms. The Morgan fingerprint density at radius 2 is 2.05 bits per heavy atom. The Balaban J connectivity index is 2.38. The normalized spacial score (nSPS) is 11.4. The van der Waals surface area contributed by atoms with E-state index in [2.05, 4.69) is 20.7 Å². The number of aromatic carboxylic acids is 1. The standard InChI is InChI=1S/C12H9BrFNO5S/c1-6-11(5-10(20-6)12(16)17)21(18,19)15-7-2-3-8(13)9(14)4-7/h2-5,15H,1H3,(H,16,17). The number of carbonyl (C=O) groups is 1. The van der Waals surface area contributed by atoms with Gasteiger partial charge >= 0.3 is 5.97 Å². The van der Waals surface area contributed by atoms with Crippen molar-refractivity contribution in [2.45, 2.75) is 11.8 Å². The summed E-state index contributed by atoms with van der Waals surface area (Å²) >= 11 is 2.95. The molecule has 112 valence electrons. The Morgan fingerprint density at radius 1 is 1.38 bits per heavy atom. The number of nitrogens with one attached hydrogen (secondary N) is 1. The second-order valence-electron chi connectivity index (χ2n) is 4.07. The van der Waals surface area contributed by atoms with Gasteiger partial charge in [0.1, 0.15) is 16.5 Å². The first-order valence-corrected chi connectivity index (χ1v) is 7.80. The molecule has 0 bridgehead atoms. The molecule has 0 atom stereocenters. The molecule has 21 heavy (non-hydrogen) atoms. The zero-order valence-electron chi connectivity index (χ0n) is 10.6. The SMILES string of the molecule is Cc1oc(C(=O)O)cc1S(=O)(=O)Nc1ccc(Br)c(F)c1. The predicted molar refractivity (Wildman–Crippen MR) is 75.3 cm³/mol. The molecule has 0 amide bonds. The van der Waals surface area contributed by atoms with Gasteiger partial charge in [-0.3, -0.25) is 4.72 Å². The highest BCUT2D eigenvalue weighted by atomic mass is 79.9. The molecule has 2 N–H and O–H groups in total. The predicted octanol–water partition coefficient (Wildman–Crippen LogP) is 2.99. The van der Waals surface area contributed by atoms with Gasteiger partial charge < -0.3 is 9.52 Å². The number of rotatable bonds is 4. The highest BCUT2D eigenvalue weighted by molar-refractivity contribution is 9.10. The summed E-state index contributed by atoms with van der Waals surface area (Å²) in [6.07, 6.45) is 0. The Bertz CT molecular complexity index is 815. The van der Waals surface area contributed by atoms with Crippen molar-refractivity contribution in [3.63, 3.8) is 0 Å². The molecule has 1 aromatic carbocycles. The second-order valence-corrected chi connectivity index (χ2v) is 6.58. The number of carboxylic acid groups (broad SMARTS) is 1. The summed E-state index contributed by atoms with van der Waals surface area (Å²) in [6, 6.07) is 4.60. The monoisotopic (exact) mass is 377 g/mol. The van der Waals surface area contributed by atoms with Crippen molar-refractivity contribution in [3.8, 4) is 0 Å². The Hall–Kier alpha value is -1.87. The highest BCUT2D eigenvalue weighted by Gasteiger charge is 2.24. The molecule has 0 aliphatic carbocycles. The van der Waals surface area contributed by atoms with E-state index in [0.29, 0.717) is 0 Å². The molecule has 0 saturated carbocycles. The Kier molecular flexibility index (Phi) is 4.06. The third kappa shape index (κ3) is 3.24. The molecule has 0 saturated heterocycles. The first-order valence-electron chi connectivity index (χ1n) is 5.52. The van der Waals surface area contributed by atoms with E-state index in [1.807, 2.05) is 0 Å². The lowest BCUT2D eigenvalue weighted by atomic mass is 10.3. The fourth-order valence-corrected chi connectivity index (χ4v) is 3.08. The van der Waals surface area contributed by atoms with Crippen molar-refractivity contribution < 1.29 is 27.1 Å². The van der Waals surface area contributed by atoms with Gasteiger partial charge in [0, 0.05) is 6.07 Å². The number of hydrogen-bond acceptors (Lipinski definition) is 4. The van der Waals surface area contributed by atoms with E-state index in [-0.39, 0.29) is 20.8 Å². The van der Waals surface area contributed by atoms with E-state index in [4.69, 9.17) is 9.52 Å². The van der Waals surface area contributed by atoms with Gasteiger partial charge in [0.25, 0.3) is 10.0 Å². The third-order valence-corrected chi connectivity index (χ3v) is 4.68. The summed E-state index contributed by atoms with van der Waals surface area (Å²) in [5, 5.41) is 8.78. The van der Waals surface area contributed by atoms with Gasteiger partial charge in [-0.1, -0.05) is 0 Å². The van der Waals surface area contributed by atoms with Crippen LogP contribution in [0.4, 0.5) is 10.1 Å². The zero-order valence-corrected chi connectivity index (χ0v) is 13.0. The minimum Gasteiger partial charge on any atom is -0.475 e. The van der Waals surface area contributed by atoms with Crippen LogP contribution in [0.2, 0.25) is 0 Å². The number of hydrogen-bond donors (Lipinski definition) is 2. The van der Waals surface area contributed by atoms with Crippen molar-refractivity contribution in [2.75, 3.05) is 4.72 Å². The minimum absolute atomic E-state index is 0.00757. The van der Waals surface area contributed by atoms with Crippen LogP contribution in [-0.2, 0) is 10.0 Å².